The lowest BCUT2D eigenvalue weighted by Gasteiger charge is -2.33. The molecule has 0 radical (unpaired) electrons. The molecule has 0 atom stereocenters. The molecule has 1 aromatic heterocycles. The molecule has 5 nitrogen and oxygen atoms in total. The number of nitrogens with one attached hydrogen (secondary N) is 1. The molecule has 0 fully saturated rings. The Morgan fingerprint density at radius 3 is 2.72 bits per heavy atom. The normalized spacial score (nSPS) is 18.5. The number of hydrogen-bond acceptors (Lipinski definition) is 5. The molecule has 0 saturated heterocycles. The van der Waals surface area contributed by atoms with Gasteiger partial charge >= 0.3 is 0 Å². The second-order valence-electron chi connectivity index (χ2n) is 4.81. The van der Waals surface area contributed by atoms with Gasteiger partial charge < -0.3 is 5.32 Å². The summed E-state index contributed by atoms with van der Waals surface area (Å²) in [5.41, 5.74) is 0.402. The summed E-state index contributed by atoms with van der Waals surface area (Å²) < 4.78 is 1.71. The molecular weight excluding hydrogens is 246 g/mol. The van der Waals surface area contributed by atoms with E-state index in [1.54, 1.807) is 11.0 Å². The van der Waals surface area contributed by atoms with E-state index in [4.69, 9.17) is 0 Å². The van der Waals surface area contributed by atoms with Crippen LogP contribution in [0, 0.1) is 5.41 Å². The Hall–Kier alpha value is -1.04. The average molecular weight is 267 g/mol. The highest BCUT2D eigenvalue weighted by molar-refractivity contribution is 8.13. The van der Waals surface area contributed by atoms with Crippen LogP contribution < -0.4 is 5.32 Å². The van der Waals surface area contributed by atoms with Crippen LogP contribution in [0.1, 0.15) is 32.5 Å². The number of rotatable bonds is 4. The zero-order valence-electron chi connectivity index (χ0n) is 11.3. The van der Waals surface area contributed by atoms with Crippen molar-refractivity contribution in [1.29, 1.82) is 0 Å². The summed E-state index contributed by atoms with van der Waals surface area (Å²) in [7, 11) is 1.88. The van der Waals surface area contributed by atoms with Crippen LogP contribution >= 0.6 is 11.8 Å². The highest BCUT2D eigenvalue weighted by Gasteiger charge is 2.29. The molecule has 2 heterocycles. The number of aryl methyl sites for hydroxylation is 1. The third-order valence-corrected chi connectivity index (χ3v) is 4.92. The predicted molar refractivity (Wildman–Crippen MR) is 75.6 cm³/mol. The van der Waals surface area contributed by atoms with Gasteiger partial charge in [0.1, 0.15) is 6.33 Å². The minimum atomic E-state index is 0.402. The molecule has 0 bridgehead atoms. The number of amidine groups is 1. The third kappa shape index (κ3) is 3.04. The lowest BCUT2D eigenvalue weighted by Crippen LogP contribution is -2.34. The molecule has 1 N–H and O–H groups in total. The summed E-state index contributed by atoms with van der Waals surface area (Å²) in [5, 5.41) is 8.57. The minimum absolute atomic E-state index is 0.402. The lowest BCUT2D eigenvalue weighted by atomic mass is 9.84. The van der Waals surface area contributed by atoms with Crippen molar-refractivity contribution in [2.45, 2.75) is 33.2 Å². The Morgan fingerprint density at radius 1 is 1.44 bits per heavy atom. The molecule has 1 aromatic rings. The summed E-state index contributed by atoms with van der Waals surface area (Å²) >= 11 is 1.82. The number of aromatic nitrogens is 3. The van der Waals surface area contributed by atoms with E-state index < -0.39 is 0 Å². The van der Waals surface area contributed by atoms with Gasteiger partial charge in [0.15, 0.2) is 11.0 Å². The standard InChI is InChI=1S/C12H21N5S/c1-4-12(5-2)7-14-11(18-8-12)13-6-10-15-9-17(3)16-10/h9H,4-8H2,1-3H3,(H,13,14). The SMILES string of the molecule is CCC1(CC)CN=C(NCc2ncn(C)n2)SC1. The van der Waals surface area contributed by atoms with Crippen LogP contribution in [0.15, 0.2) is 11.3 Å². The Balaban J connectivity index is 1.87. The summed E-state index contributed by atoms with van der Waals surface area (Å²) in [6, 6.07) is 0. The fourth-order valence-electron chi connectivity index (χ4n) is 1.96. The Kier molecular flexibility index (Phi) is 4.27. The van der Waals surface area contributed by atoms with E-state index in [0.717, 1.165) is 23.3 Å². The highest BCUT2D eigenvalue weighted by Crippen LogP contribution is 2.34. The first-order valence-corrected chi connectivity index (χ1v) is 7.41. The summed E-state index contributed by atoms with van der Waals surface area (Å²) in [5.74, 6) is 1.96. The first-order chi connectivity index (χ1) is 8.67. The van der Waals surface area contributed by atoms with E-state index in [0.29, 0.717) is 12.0 Å². The maximum absolute atomic E-state index is 4.65. The van der Waals surface area contributed by atoms with Crippen molar-refractivity contribution < 1.29 is 0 Å². The van der Waals surface area contributed by atoms with Gasteiger partial charge in [0.25, 0.3) is 0 Å². The molecule has 1 aliphatic rings. The maximum Gasteiger partial charge on any atom is 0.169 e. The second kappa shape index (κ2) is 5.73. The first-order valence-electron chi connectivity index (χ1n) is 6.43. The Labute approximate surface area is 112 Å². The second-order valence-corrected chi connectivity index (χ2v) is 5.77. The van der Waals surface area contributed by atoms with Gasteiger partial charge in [-0.3, -0.25) is 9.67 Å². The van der Waals surface area contributed by atoms with Crippen molar-refractivity contribution in [3.63, 3.8) is 0 Å². The van der Waals surface area contributed by atoms with Crippen LogP contribution in [0.25, 0.3) is 0 Å². The largest absolute Gasteiger partial charge is 0.358 e. The molecule has 0 amide bonds. The predicted octanol–water partition coefficient (Wildman–Crippen LogP) is 1.81. The zero-order valence-corrected chi connectivity index (χ0v) is 12.1. The van der Waals surface area contributed by atoms with Gasteiger partial charge in [-0.15, -0.1) is 0 Å². The van der Waals surface area contributed by atoms with Crippen molar-refractivity contribution in [3.8, 4) is 0 Å². The van der Waals surface area contributed by atoms with Crippen molar-refractivity contribution in [3.05, 3.63) is 12.2 Å². The molecule has 1 aliphatic heterocycles. The van der Waals surface area contributed by atoms with Crippen LogP contribution in [-0.4, -0.2) is 32.2 Å². The molecule has 0 unspecified atom stereocenters. The van der Waals surface area contributed by atoms with Crippen LogP contribution in [-0.2, 0) is 13.6 Å². The molecule has 2 rings (SSSR count). The fraction of sp³-hybridized carbons (Fsp3) is 0.750. The van der Waals surface area contributed by atoms with Gasteiger partial charge in [-0.2, -0.15) is 5.10 Å². The third-order valence-electron chi connectivity index (χ3n) is 3.62. The first kappa shape index (κ1) is 13.4. The van der Waals surface area contributed by atoms with Crippen molar-refractivity contribution in [1.82, 2.24) is 20.1 Å². The molecule has 0 aliphatic carbocycles. The van der Waals surface area contributed by atoms with E-state index >= 15 is 0 Å². The van der Waals surface area contributed by atoms with Gasteiger partial charge in [-0.05, 0) is 18.3 Å². The molecule has 6 heteroatoms. The van der Waals surface area contributed by atoms with E-state index in [1.165, 1.54) is 12.8 Å². The zero-order chi connectivity index (χ0) is 13.0. The van der Waals surface area contributed by atoms with Crippen LogP contribution in [0.5, 0.6) is 0 Å². The van der Waals surface area contributed by atoms with E-state index in [-0.39, 0.29) is 0 Å². The minimum Gasteiger partial charge on any atom is -0.358 e. The number of thioether (sulfide) groups is 1. The van der Waals surface area contributed by atoms with Crippen molar-refractivity contribution in [2.75, 3.05) is 12.3 Å². The van der Waals surface area contributed by atoms with Gasteiger partial charge in [0.2, 0.25) is 0 Å². The van der Waals surface area contributed by atoms with E-state index in [2.05, 4.69) is 34.2 Å². The van der Waals surface area contributed by atoms with Crippen LogP contribution in [0.3, 0.4) is 0 Å². The average Bonchev–Trinajstić information content (AvgIpc) is 2.83. The Morgan fingerprint density at radius 2 is 2.22 bits per heavy atom. The van der Waals surface area contributed by atoms with Gasteiger partial charge in [-0.25, -0.2) is 4.98 Å². The summed E-state index contributed by atoms with van der Waals surface area (Å²) in [4.78, 5) is 8.84. The van der Waals surface area contributed by atoms with Gasteiger partial charge in [0, 0.05) is 19.3 Å². The van der Waals surface area contributed by atoms with Gasteiger partial charge in [0.05, 0.1) is 6.54 Å². The van der Waals surface area contributed by atoms with Gasteiger partial charge in [-0.1, -0.05) is 25.6 Å². The van der Waals surface area contributed by atoms with E-state index in [9.17, 15) is 0 Å². The molecular formula is C12H21N5S. The van der Waals surface area contributed by atoms with Crippen LogP contribution in [0.4, 0.5) is 0 Å². The topological polar surface area (TPSA) is 55.1 Å². The molecule has 0 aromatic carbocycles. The van der Waals surface area contributed by atoms with E-state index in [1.807, 2.05) is 18.8 Å². The lowest BCUT2D eigenvalue weighted by molar-refractivity contribution is 0.318. The quantitative estimate of drug-likeness (QED) is 0.904. The molecule has 0 spiro atoms. The highest BCUT2D eigenvalue weighted by atomic mass is 32.2. The van der Waals surface area contributed by atoms with Crippen molar-refractivity contribution >= 4 is 16.9 Å². The monoisotopic (exact) mass is 267 g/mol. The molecule has 18 heavy (non-hydrogen) atoms. The summed E-state index contributed by atoms with van der Waals surface area (Å²) in [6.45, 7) is 6.11. The molecule has 100 valence electrons. The smallest absolute Gasteiger partial charge is 0.169 e. The van der Waals surface area contributed by atoms with Crippen molar-refractivity contribution in [2.24, 2.45) is 17.5 Å². The number of hydrogen-bond donors (Lipinski definition) is 1. The number of aliphatic imine (C=N–C) groups is 1. The maximum atomic E-state index is 4.65. The fourth-order valence-corrected chi connectivity index (χ4v) is 3.23. The number of nitrogens with zero attached hydrogens (tertiary/aromatic N) is 4. The molecule has 0 saturated carbocycles. The Bertz CT molecular complexity index is 422. The van der Waals surface area contributed by atoms with Crippen LogP contribution in [0.2, 0.25) is 0 Å². The summed E-state index contributed by atoms with van der Waals surface area (Å²) in [6.07, 6.45) is 4.12.